The number of fused-ring (bicyclic) bond motifs is 1. The molecule has 0 spiro atoms. The van der Waals surface area contributed by atoms with Gasteiger partial charge in [-0.1, -0.05) is 6.07 Å². The zero-order valence-electron chi connectivity index (χ0n) is 20.0. The van der Waals surface area contributed by atoms with Crippen LogP contribution in [-0.2, 0) is 11.3 Å². The van der Waals surface area contributed by atoms with Gasteiger partial charge in [0.25, 0.3) is 0 Å². The summed E-state index contributed by atoms with van der Waals surface area (Å²) in [6.07, 6.45) is 1.55. The average molecular weight is 519 g/mol. The molecule has 2 heterocycles. The summed E-state index contributed by atoms with van der Waals surface area (Å²) in [5, 5.41) is 9.96. The van der Waals surface area contributed by atoms with Crippen LogP contribution >= 0.6 is 0 Å². The van der Waals surface area contributed by atoms with E-state index in [2.05, 4.69) is 6.07 Å². The number of hydrogen-bond donors (Lipinski definition) is 1. The Hall–Kier alpha value is -0.666. The maximum absolute atomic E-state index is 14.9. The number of aliphatic hydroxyl groups is 1. The summed E-state index contributed by atoms with van der Waals surface area (Å²) in [6.45, 7) is 6.94. The molecule has 178 valence electrons. The molecule has 1 aromatic carbocycles. The van der Waals surface area contributed by atoms with Crippen molar-refractivity contribution in [1.29, 1.82) is 0 Å². The summed E-state index contributed by atoms with van der Waals surface area (Å²) in [5.41, 5.74) is 0.479. The van der Waals surface area contributed by atoms with Gasteiger partial charge in [-0.15, -0.1) is 5.39 Å². The van der Waals surface area contributed by atoms with E-state index < -0.39 is 16.8 Å². The summed E-state index contributed by atoms with van der Waals surface area (Å²) < 4.78 is 22.3. The second-order valence-electron chi connectivity index (χ2n) is 8.94. The van der Waals surface area contributed by atoms with Crippen LogP contribution in [0.2, 0.25) is 0 Å². The molecule has 1 saturated heterocycles. The van der Waals surface area contributed by atoms with Crippen LogP contribution in [0.4, 0.5) is 14.9 Å². The van der Waals surface area contributed by atoms with E-state index in [4.69, 9.17) is 4.74 Å². The van der Waals surface area contributed by atoms with E-state index in [-0.39, 0.29) is 90.9 Å². The Morgan fingerprint density at radius 1 is 1.18 bits per heavy atom. The number of carbonyl (C=O) groups excluding carboxylic acids is 1. The van der Waals surface area contributed by atoms with E-state index in [9.17, 15) is 19.1 Å². The minimum Gasteiger partial charge on any atom is -1.00 e. The van der Waals surface area contributed by atoms with Crippen LogP contribution in [0, 0.1) is 11.9 Å². The SMILES string of the molecule is CC(C)(C)OC(=O)N1CCN(c2cc3c(cc2F)c(=O)[c-]c(CO)n3C2CC2)CC1.[Cl-].[Cl-].[Li+].[Mg+2]. The van der Waals surface area contributed by atoms with Crippen molar-refractivity contribution in [2.75, 3.05) is 31.1 Å². The number of rotatable bonds is 3. The van der Waals surface area contributed by atoms with Gasteiger partial charge in [-0.3, -0.25) is 0 Å². The van der Waals surface area contributed by atoms with Gasteiger partial charge in [0.05, 0.1) is 12.3 Å². The molecule has 1 N–H and O–H groups in total. The molecule has 1 aliphatic carbocycles. The summed E-state index contributed by atoms with van der Waals surface area (Å²) in [6, 6.07) is 5.84. The standard InChI is InChI=1S/C22H27FN3O4.2ClH.Li.Mg/c1-22(2,3)30-21(29)25-8-6-24(7-9-25)19-12-18-16(11-17(19)23)20(28)10-15(13-27)26(18)14-4-5-14;;;;/h11-12,14,27H,4-9,13H2,1-3H3;2*1H;;/q-1;;;+1;+2/p-2. The third kappa shape index (κ3) is 7.19. The summed E-state index contributed by atoms with van der Waals surface area (Å²) in [7, 11) is 0. The van der Waals surface area contributed by atoms with Crippen molar-refractivity contribution in [1.82, 2.24) is 9.47 Å². The zero-order chi connectivity index (χ0) is 21.6. The van der Waals surface area contributed by atoms with Crippen molar-refractivity contribution < 1.29 is 62.7 Å². The van der Waals surface area contributed by atoms with Crippen LogP contribution in [0.5, 0.6) is 0 Å². The molecule has 2 aliphatic rings. The zero-order valence-corrected chi connectivity index (χ0v) is 23.0. The fourth-order valence-corrected chi connectivity index (χ4v) is 3.90. The largest absolute Gasteiger partial charge is 2.00 e. The molecule has 2 fully saturated rings. The van der Waals surface area contributed by atoms with Gasteiger partial charge in [0.15, 0.2) is 0 Å². The van der Waals surface area contributed by atoms with E-state index in [1.54, 1.807) is 11.0 Å². The smallest absolute Gasteiger partial charge is 1.00 e. The molecular weight excluding hydrogens is 491 g/mol. The van der Waals surface area contributed by atoms with Crippen molar-refractivity contribution in [3.05, 3.63) is 39.9 Å². The van der Waals surface area contributed by atoms with Crippen LogP contribution in [0.15, 0.2) is 16.9 Å². The molecule has 2 aromatic rings. The molecule has 1 saturated carbocycles. The number of pyridine rings is 1. The van der Waals surface area contributed by atoms with Crippen LogP contribution in [0.1, 0.15) is 45.3 Å². The molecule has 1 amide bonds. The molecule has 0 radical (unpaired) electrons. The predicted octanol–water partition coefficient (Wildman–Crippen LogP) is -6.54. The normalized spacial score (nSPS) is 15.4. The van der Waals surface area contributed by atoms with Gasteiger partial charge in [-0.2, -0.15) is 6.07 Å². The van der Waals surface area contributed by atoms with Gasteiger partial charge in [-0.05, 0) is 50.9 Å². The topological polar surface area (TPSA) is 75.0 Å². The van der Waals surface area contributed by atoms with Gasteiger partial charge in [0.1, 0.15) is 11.4 Å². The first kappa shape index (κ1) is 33.3. The van der Waals surface area contributed by atoms with E-state index in [1.165, 1.54) is 6.07 Å². The Bertz CT molecular complexity index is 1060. The number of aromatic nitrogens is 1. The minimum atomic E-state index is -0.563. The van der Waals surface area contributed by atoms with Crippen molar-refractivity contribution in [3.63, 3.8) is 0 Å². The van der Waals surface area contributed by atoms with Gasteiger partial charge >= 0.3 is 48.0 Å². The average Bonchev–Trinajstić information content (AvgIpc) is 3.51. The van der Waals surface area contributed by atoms with Crippen LogP contribution in [0.25, 0.3) is 10.9 Å². The van der Waals surface area contributed by atoms with E-state index in [0.717, 1.165) is 12.8 Å². The number of amides is 1. The van der Waals surface area contributed by atoms with Crippen molar-refractivity contribution in [3.8, 4) is 0 Å². The van der Waals surface area contributed by atoms with Gasteiger partial charge in [-0.25, -0.2) is 9.18 Å². The molecule has 0 atom stereocenters. The van der Waals surface area contributed by atoms with E-state index in [1.807, 2.05) is 30.2 Å². The van der Waals surface area contributed by atoms with E-state index in [0.29, 0.717) is 43.1 Å². The Morgan fingerprint density at radius 2 is 1.76 bits per heavy atom. The molecule has 7 nitrogen and oxygen atoms in total. The number of carbonyl (C=O) groups is 1. The molecule has 34 heavy (non-hydrogen) atoms. The number of piperazine rings is 1. The number of halogens is 3. The Kier molecular flexibility index (Phi) is 12.8. The molecule has 12 heteroatoms. The molecule has 0 bridgehead atoms. The van der Waals surface area contributed by atoms with Crippen molar-refractivity contribution >= 4 is 45.7 Å². The third-order valence-corrected chi connectivity index (χ3v) is 5.45. The summed E-state index contributed by atoms with van der Waals surface area (Å²) in [4.78, 5) is 28.2. The number of hydrogen-bond acceptors (Lipinski definition) is 5. The van der Waals surface area contributed by atoms with E-state index >= 15 is 0 Å². The maximum Gasteiger partial charge on any atom is 2.00 e. The van der Waals surface area contributed by atoms with Crippen molar-refractivity contribution in [2.45, 2.75) is 51.9 Å². The summed E-state index contributed by atoms with van der Waals surface area (Å²) in [5.74, 6) is -0.474. The Balaban J connectivity index is 0.00000272. The first-order valence-electron chi connectivity index (χ1n) is 10.3. The molecule has 1 aromatic heterocycles. The molecule has 1 aliphatic heterocycles. The Morgan fingerprint density at radius 3 is 2.26 bits per heavy atom. The van der Waals surface area contributed by atoms with Crippen LogP contribution < -0.4 is 54.0 Å². The third-order valence-electron chi connectivity index (χ3n) is 5.45. The Labute approximate surface area is 239 Å². The number of benzene rings is 1. The van der Waals surface area contributed by atoms with Crippen LogP contribution in [0.3, 0.4) is 0 Å². The monoisotopic (exact) mass is 517 g/mol. The second kappa shape index (κ2) is 13.0. The predicted molar refractivity (Wildman–Crippen MR) is 117 cm³/mol. The summed E-state index contributed by atoms with van der Waals surface area (Å²) >= 11 is 0. The number of anilines is 1. The first-order valence-corrected chi connectivity index (χ1v) is 10.3. The molecule has 4 rings (SSSR count). The number of nitrogens with zero attached hydrogens (tertiary/aromatic N) is 3. The van der Waals surface area contributed by atoms with Crippen molar-refractivity contribution in [2.24, 2.45) is 0 Å². The minimum absolute atomic E-state index is 0. The number of aliphatic hydroxyl groups excluding tert-OH is 1. The van der Waals surface area contributed by atoms with Gasteiger partial charge in [0, 0.05) is 37.6 Å². The maximum atomic E-state index is 14.9. The first-order chi connectivity index (χ1) is 14.2. The second-order valence-corrected chi connectivity index (χ2v) is 8.94. The fourth-order valence-electron chi connectivity index (χ4n) is 3.90. The van der Waals surface area contributed by atoms with Gasteiger partial charge < -0.3 is 53.8 Å². The molecular formula is C22H27Cl2FLiMgN3O4. The van der Waals surface area contributed by atoms with Gasteiger partial charge in [0.2, 0.25) is 0 Å². The van der Waals surface area contributed by atoms with Crippen LogP contribution in [-0.4, -0.2) is 75.5 Å². The molecule has 0 unspecified atom stereocenters. The number of ether oxygens (including phenoxy) is 1. The quantitative estimate of drug-likeness (QED) is 0.323. The fraction of sp³-hybridized carbons (Fsp3) is 0.545.